The average molecular weight is 279 g/mol. The fraction of sp³-hybridized carbons (Fsp3) is 0.462. The predicted molar refractivity (Wildman–Crippen MR) is 73.4 cm³/mol. The molecule has 1 amide bonds. The van der Waals surface area contributed by atoms with Crippen LogP contribution in [0.1, 0.15) is 23.2 Å². The van der Waals surface area contributed by atoms with Crippen LogP contribution in [0.3, 0.4) is 0 Å². The van der Waals surface area contributed by atoms with Crippen LogP contribution < -0.4 is 11.1 Å². The van der Waals surface area contributed by atoms with Gasteiger partial charge in [-0.3, -0.25) is 14.9 Å². The van der Waals surface area contributed by atoms with Gasteiger partial charge in [0, 0.05) is 37.6 Å². The van der Waals surface area contributed by atoms with E-state index in [9.17, 15) is 14.9 Å². The van der Waals surface area contributed by atoms with Crippen molar-refractivity contribution >= 4 is 17.3 Å². The Labute approximate surface area is 116 Å². The van der Waals surface area contributed by atoms with Crippen molar-refractivity contribution in [3.8, 4) is 0 Å². The molecule has 0 saturated carbocycles. The molecule has 3 N–H and O–H groups in total. The van der Waals surface area contributed by atoms with Crippen LogP contribution in [0.5, 0.6) is 0 Å². The Hall–Kier alpha value is -2.15. The highest BCUT2D eigenvalue weighted by Crippen LogP contribution is 2.20. The molecule has 7 heteroatoms. The Morgan fingerprint density at radius 3 is 2.80 bits per heavy atom. The zero-order chi connectivity index (χ0) is 14.5. The molecule has 7 nitrogen and oxygen atoms in total. The summed E-state index contributed by atoms with van der Waals surface area (Å²) in [5, 5.41) is 13.5. The number of hydrogen-bond acceptors (Lipinski definition) is 5. The lowest BCUT2D eigenvalue weighted by atomic mass is 10.0. The molecule has 1 fully saturated rings. The summed E-state index contributed by atoms with van der Waals surface area (Å²) in [6.45, 7) is 1.95. The molecule has 108 valence electrons. The number of nitrogens with two attached hydrogens (primary N) is 1. The third-order valence-electron chi connectivity index (χ3n) is 3.38. The van der Waals surface area contributed by atoms with Crippen molar-refractivity contribution in [2.24, 2.45) is 5.92 Å². The van der Waals surface area contributed by atoms with Gasteiger partial charge in [-0.1, -0.05) is 0 Å². The molecular weight excluding hydrogens is 262 g/mol. The molecule has 0 aromatic heterocycles. The number of amides is 1. The monoisotopic (exact) mass is 279 g/mol. The number of ether oxygens (including phenoxy) is 1. The predicted octanol–water partition coefficient (Wildman–Crippen LogP) is 1.33. The first-order chi connectivity index (χ1) is 9.58. The van der Waals surface area contributed by atoms with Crippen molar-refractivity contribution in [3.05, 3.63) is 33.9 Å². The normalized spacial score (nSPS) is 15.8. The summed E-state index contributed by atoms with van der Waals surface area (Å²) in [6, 6.07) is 3.86. The molecule has 1 aliphatic rings. The smallest absolute Gasteiger partial charge is 0.270 e. The molecule has 1 heterocycles. The Bertz CT molecular complexity index is 512. The number of nitro benzene ring substituents is 1. The van der Waals surface area contributed by atoms with Gasteiger partial charge in [-0.2, -0.15) is 0 Å². The van der Waals surface area contributed by atoms with E-state index in [1.54, 1.807) is 0 Å². The summed E-state index contributed by atoms with van der Waals surface area (Å²) in [6.07, 6.45) is 1.81. The lowest BCUT2D eigenvalue weighted by Crippen LogP contribution is -2.32. The molecular formula is C13H17N3O4. The Kier molecular flexibility index (Phi) is 4.52. The third kappa shape index (κ3) is 3.45. The van der Waals surface area contributed by atoms with Gasteiger partial charge < -0.3 is 15.8 Å². The van der Waals surface area contributed by atoms with E-state index in [2.05, 4.69) is 5.32 Å². The quantitative estimate of drug-likeness (QED) is 0.491. The minimum atomic E-state index is -0.547. The van der Waals surface area contributed by atoms with Crippen LogP contribution in [-0.4, -0.2) is 30.6 Å². The highest BCUT2D eigenvalue weighted by molar-refractivity contribution is 5.99. The Balaban J connectivity index is 2.00. The van der Waals surface area contributed by atoms with Crippen LogP contribution in [0.15, 0.2) is 18.2 Å². The van der Waals surface area contributed by atoms with Crippen LogP contribution in [0.25, 0.3) is 0 Å². The number of nitrogens with zero attached hydrogens (tertiary/aromatic N) is 1. The molecule has 1 saturated heterocycles. The van der Waals surface area contributed by atoms with E-state index in [1.165, 1.54) is 18.2 Å². The van der Waals surface area contributed by atoms with Crippen molar-refractivity contribution < 1.29 is 14.5 Å². The lowest BCUT2D eigenvalue weighted by molar-refractivity contribution is -0.384. The second-order valence-electron chi connectivity index (χ2n) is 4.79. The van der Waals surface area contributed by atoms with E-state index in [4.69, 9.17) is 10.5 Å². The highest BCUT2D eigenvalue weighted by Gasteiger charge is 2.18. The minimum Gasteiger partial charge on any atom is -0.398 e. The van der Waals surface area contributed by atoms with Crippen LogP contribution in [0.4, 0.5) is 11.4 Å². The summed E-state index contributed by atoms with van der Waals surface area (Å²) in [4.78, 5) is 22.2. The van der Waals surface area contributed by atoms with Gasteiger partial charge in [-0.25, -0.2) is 0 Å². The summed E-state index contributed by atoms with van der Waals surface area (Å²) in [5.74, 6) is 0.00492. The van der Waals surface area contributed by atoms with Gasteiger partial charge in [-0.15, -0.1) is 0 Å². The lowest BCUT2D eigenvalue weighted by Gasteiger charge is -2.22. The van der Waals surface area contributed by atoms with Gasteiger partial charge in [0.25, 0.3) is 11.6 Å². The van der Waals surface area contributed by atoms with Crippen LogP contribution in [0, 0.1) is 16.0 Å². The summed E-state index contributed by atoms with van der Waals surface area (Å²) < 4.78 is 5.24. The largest absolute Gasteiger partial charge is 0.398 e. The van der Waals surface area contributed by atoms with Gasteiger partial charge in [0.15, 0.2) is 0 Å². The summed E-state index contributed by atoms with van der Waals surface area (Å²) in [5.41, 5.74) is 5.93. The first-order valence-corrected chi connectivity index (χ1v) is 6.48. The number of nitrogens with one attached hydrogen (secondary N) is 1. The van der Waals surface area contributed by atoms with Gasteiger partial charge in [0.1, 0.15) is 0 Å². The maximum atomic E-state index is 12.0. The number of benzene rings is 1. The fourth-order valence-electron chi connectivity index (χ4n) is 2.14. The van der Waals surface area contributed by atoms with Crippen molar-refractivity contribution in [2.75, 3.05) is 25.5 Å². The first kappa shape index (κ1) is 14.3. The van der Waals surface area contributed by atoms with E-state index in [0.29, 0.717) is 25.7 Å². The zero-order valence-electron chi connectivity index (χ0n) is 11.0. The molecule has 1 aliphatic heterocycles. The van der Waals surface area contributed by atoms with Gasteiger partial charge in [0.2, 0.25) is 0 Å². The molecule has 1 aromatic carbocycles. The van der Waals surface area contributed by atoms with Gasteiger partial charge in [-0.05, 0) is 24.8 Å². The zero-order valence-corrected chi connectivity index (χ0v) is 11.0. The second kappa shape index (κ2) is 6.33. The number of nitrogen functional groups attached to an aromatic ring is 1. The number of carbonyl (C=O) groups excluding carboxylic acids is 1. The third-order valence-corrected chi connectivity index (χ3v) is 3.38. The summed E-state index contributed by atoms with van der Waals surface area (Å²) >= 11 is 0. The molecule has 0 aliphatic carbocycles. The van der Waals surface area contributed by atoms with E-state index in [1.807, 2.05) is 0 Å². The summed E-state index contributed by atoms with van der Waals surface area (Å²) in [7, 11) is 0. The molecule has 0 bridgehead atoms. The van der Waals surface area contributed by atoms with Crippen molar-refractivity contribution in [1.29, 1.82) is 0 Å². The SMILES string of the molecule is Nc1ccc([N+](=O)[O-])cc1C(=O)NCC1CCOCC1. The van der Waals surface area contributed by atoms with Gasteiger partial charge >= 0.3 is 0 Å². The standard InChI is InChI=1S/C13H17N3O4/c14-12-2-1-10(16(18)19)7-11(12)13(17)15-8-9-3-5-20-6-4-9/h1-2,7,9H,3-6,8,14H2,(H,15,17). The maximum Gasteiger partial charge on any atom is 0.270 e. The second-order valence-corrected chi connectivity index (χ2v) is 4.79. The molecule has 0 atom stereocenters. The number of carbonyl (C=O) groups is 1. The molecule has 0 spiro atoms. The van der Waals surface area contributed by atoms with Crippen molar-refractivity contribution in [2.45, 2.75) is 12.8 Å². The molecule has 2 rings (SSSR count). The number of rotatable bonds is 4. The Morgan fingerprint density at radius 1 is 1.45 bits per heavy atom. The van der Waals surface area contributed by atoms with E-state index < -0.39 is 4.92 Å². The highest BCUT2D eigenvalue weighted by atomic mass is 16.6. The first-order valence-electron chi connectivity index (χ1n) is 6.48. The average Bonchev–Trinajstić information content (AvgIpc) is 2.46. The van der Waals surface area contributed by atoms with Crippen molar-refractivity contribution in [3.63, 3.8) is 0 Å². The van der Waals surface area contributed by atoms with E-state index in [0.717, 1.165) is 12.8 Å². The van der Waals surface area contributed by atoms with E-state index >= 15 is 0 Å². The topological polar surface area (TPSA) is 107 Å². The maximum absolute atomic E-state index is 12.0. The van der Waals surface area contributed by atoms with Gasteiger partial charge in [0.05, 0.1) is 10.5 Å². The molecule has 1 aromatic rings. The Morgan fingerprint density at radius 2 is 2.15 bits per heavy atom. The number of anilines is 1. The molecule has 0 unspecified atom stereocenters. The van der Waals surface area contributed by atoms with Crippen molar-refractivity contribution in [1.82, 2.24) is 5.32 Å². The fourth-order valence-corrected chi connectivity index (χ4v) is 2.14. The minimum absolute atomic E-state index is 0.143. The van der Waals surface area contributed by atoms with E-state index in [-0.39, 0.29) is 22.8 Å². The number of non-ortho nitro benzene ring substituents is 1. The van der Waals surface area contributed by atoms with Crippen LogP contribution >= 0.6 is 0 Å². The number of hydrogen-bond donors (Lipinski definition) is 2. The molecule has 20 heavy (non-hydrogen) atoms. The van der Waals surface area contributed by atoms with Crippen LogP contribution in [0.2, 0.25) is 0 Å². The van der Waals surface area contributed by atoms with Crippen LogP contribution in [-0.2, 0) is 4.74 Å². The molecule has 0 radical (unpaired) electrons. The number of nitro groups is 1.